The van der Waals surface area contributed by atoms with Crippen molar-refractivity contribution < 1.29 is 4.79 Å². The maximum absolute atomic E-state index is 11.5. The average Bonchev–Trinajstić information content (AvgIpc) is 2.02. The Kier molecular flexibility index (Phi) is 6.01. The first-order valence-electron chi connectivity index (χ1n) is 5.55. The van der Waals surface area contributed by atoms with Crippen LogP contribution in [0.4, 0.5) is 0 Å². The third kappa shape index (κ3) is 4.75. The van der Waals surface area contributed by atoms with Gasteiger partial charge in [-0.1, -0.05) is 27.7 Å². The molecule has 0 saturated heterocycles. The molecule has 1 atom stereocenters. The van der Waals surface area contributed by atoms with Crippen LogP contribution in [0.1, 0.15) is 40.5 Å². The van der Waals surface area contributed by atoms with Gasteiger partial charge in [-0.05, 0) is 26.4 Å². The van der Waals surface area contributed by atoms with E-state index in [1.165, 1.54) is 0 Å². The largest absolute Gasteiger partial charge is 0.306 e. The van der Waals surface area contributed by atoms with E-state index in [9.17, 15) is 4.79 Å². The minimum atomic E-state index is 0.185. The van der Waals surface area contributed by atoms with Crippen molar-refractivity contribution in [3.63, 3.8) is 0 Å². The van der Waals surface area contributed by atoms with E-state index in [1.54, 1.807) is 0 Å². The predicted octanol–water partition coefficient (Wildman–Crippen LogP) is 2.58. The van der Waals surface area contributed by atoms with Crippen LogP contribution in [0.3, 0.4) is 0 Å². The molecule has 0 aliphatic heterocycles. The van der Waals surface area contributed by atoms with Crippen LogP contribution < -0.4 is 0 Å². The normalized spacial score (nSPS) is 14.1. The van der Waals surface area contributed by atoms with Gasteiger partial charge in [0.1, 0.15) is 5.78 Å². The first-order valence-corrected chi connectivity index (χ1v) is 5.55. The second kappa shape index (κ2) is 6.18. The highest BCUT2D eigenvalue weighted by Gasteiger charge is 2.17. The third-order valence-corrected chi connectivity index (χ3v) is 2.76. The second-order valence-corrected chi connectivity index (χ2v) is 4.93. The molecule has 84 valence electrons. The van der Waals surface area contributed by atoms with Crippen molar-refractivity contribution in [3.05, 3.63) is 0 Å². The van der Waals surface area contributed by atoms with Crippen LogP contribution in [-0.2, 0) is 4.79 Å². The highest BCUT2D eigenvalue weighted by atomic mass is 16.1. The van der Waals surface area contributed by atoms with Crippen molar-refractivity contribution in [3.8, 4) is 0 Å². The fourth-order valence-electron chi connectivity index (χ4n) is 1.77. The Hall–Kier alpha value is -0.370. The molecule has 0 aromatic carbocycles. The molecule has 0 fully saturated rings. The number of Topliss-reactive ketones (excluding diaryl/α,β-unsaturated/α-hetero) is 1. The van der Waals surface area contributed by atoms with Gasteiger partial charge in [-0.3, -0.25) is 4.79 Å². The Morgan fingerprint density at radius 2 is 1.64 bits per heavy atom. The van der Waals surface area contributed by atoms with E-state index in [1.807, 2.05) is 13.8 Å². The molecule has 0 aromatic heterocycles. The van der Waals surface area contributed by atoms with E-state index < -0.39 is 0 Å². The summed E-state index contributed by atoms with van der Waals surface area (Å²) in [6, 6.07) is 0.526. The van der Waals surface area contributed by atoms with Crippen molar-refractivity contribution in [2.45, 2.75) is 46.6 Å². The number of carbonyl (C=O) groups excluding carboxylic acids is 1. The SMILES string of the molecule is CC(C)C(=O)CCC(C(C)C)N(C)C. The summed E-state index contributed by atoms with van der Waals surface area (Å²) in [6.45, 7) is 8.37. The molecule has 2 heteroatoms. The number of carbonyl (C=O) groups is 1. The summed E-state index contributed by atoms with van der Waals surface area (Å²) < 4.78 is 0. The highest BCUT2D eigenvalue weighted by Crippen LogP contribution is 2.15. The van der Waals surface area contributed by atoms with Gasteiger partial charge in [-0.25, -0.2) is 0 Å². The van der Waals surface area contributed by atoms with Crippen LogP contribution in [-0.4, -0.2) is 30.8 Å². The Labute approximate surface area is 88.7 Å². The predicted molar refractivity (Wildman–Crippen MR) is 61.4 cm³/mol. The molecule has 0 aliphatic carbocycles. The first-order chi connectivity index (χ1) is 6.36. The number of ketones is 1. The van der Waals surface area contributed by atoms with Crippen LogP contribution in [0.15, 0.2) is 0 Å². The zero-order chi connectivity index (χ0) is 11.3. The Morgan fingerprint density at radius 3 is 1.93 bits per heavy atom. The fourth-order valence-corrected chi connectivity index (χ4v) is 1.77. The molecular formula is C12H25NO. The van der Waals surface area contributed by atoms with Crippen LogP contribution in [0.5, 0.6) is 0 Å². The van der Waals surface area contributed by atoms with Gasteiger partial charge in [0.15, 0.2) is 0 Å². The Morgan fingerprint density at radius 1 is 1.14 bits per heavy atom. The number of hydrogen-bond donors (Lipinski definition) is 0. The van der Waals surface area contributed by atoms with E-state index in [2.05, 4.69) is 32.8 Å². The van der Waals surface area contributed by atoms with Gasteiger partial charge in [0.05, 0.1) is 0 Å². The molecule has 0 saturated carbocycles. The van der Waals surface area contributed by atoms with Crippen LogP contribution in [0.2, 0.25) is 0 Å². The molecule has 0 aromatic rings. The lowest BCUT2D eigenvalue weighted by atomic mass is 9.94. The monoisotopic (exact) mass is 199 g/mol. The van der Waals surface area contributed by atoms with Gasteiger partial charge in [-0.15, -0.1) is 0 Å². The molecule has 0 rings (SSSR count). The van der Waals surface area contributed by atoms with Gasteiger partial charge in [0, 0.05) is 18.4 Å². The summed E-state index contributed by atoms with van der Waals surface area (Å²) in [4.78, 5) is 13.7. The molecule has 0 spiro atoms. The standard InChI is InChI=1S/C12H25NO/c1-9(2)11(13(5)6)7-8-12(14)10(3)4/h9-11H,7-8H2,1-6H3. The Bertz CT molecular complexity index is 165. The summed E-state index contributed by atoms with van der Waals surface area (Å²) in [5, 5.41) is 0. The molecule has 14 heavy (non-hydrogen) atoms. The van der Waals surface area contributed by atoms with E-state index in [-0.39, 0.29) is 5.92 Å². The molecule has 1 unspecified atom stereocenters. The van der Waals surface area contributed by atoms with Gasteiger partial charge >= 0.3 is 0 Å². The van der Waals surface area contributed by atoms with E-state index in [4.69, 9.17) is 0 Å². The van der Waals surface area contributed by atoms with Gasteiger partial charge in [0.25, 0.3) is 0 Å². The molecular weight excluding hydrogens is 174 g/mol. The van der Waals surface area contributed by atoms with Crippen molar-refractivity contribution in [1.29, 1.82) is 0 Å². The maximum Gasteiger partial charge on any atom is 0.135 e. The van der Waals surface area contributed by atoms with Gasteiger partial charge in [-0.2, -0.15) is 0 Å². The molecule has 2 nitrogen and oxygen atoms in total. The van der Waals surface area contributed by atoms with E-state index in [0.29, 0.717) is 17.7 Å². The minimum Gasteiger partial charge on any atom is -0.306 e. The topological polar surface area (TPSA) is 20.3 Å². The number of rotatable bonds is 6. The lowest BCUT2D eigenvalue weighted by Gasteiger charge is -2.27. The number of nitrogens with zero attached hydrogens (tertiary/aromatic N) is 1. The summed E-state index contributed by atoms with van der Waals surface area (Å²) in [5.74, 6) is 1.19. The summed E-state index contributed by atoms with van der Waals surface area (Å²) in [7, 11) is 4.18. The van der Waals surface area contributed by atoms with Crippen molar-refractivity contribution in [2.75, 3.05) is 14.1 Å². The number of hydrogen-bond acceptors (Lipinski definition) is 2. The summed E-state index contributed by atoms with van der Waals surface area (Å²) in [5.41, 5.74) is 0. The molecule has 0 aliphatic rings. The van der Waals surface area contributed by atoms with Gasteiger partial charge < -0.3 is 4.90 Å². The molecule has 0 bridgehead atoms. The lowest BCUT2D eigenvalue weighted by molar-refractivity contribution is -0.122. The minimum absolute atomic E-state index is 0.185. The average molecular weight is 199 g/mol. The zero-order valence-electron chi connectivity index (χ0n) is 10.5. The van der Waals surface area contributed by atoms with Crippen LogP contribution in [0.25, 0.3) is 0 Å². The Balaban J connectivity index is 4.01. The summed E-state index contributed by atoms with van der Waals surface area (Å²) >= 11 is 0. The van der Waals surface area contributed by atoms with E-state index >= 15 is 0 Å². The third-order valence-electron chi connectivity index (χ3n) is 2.76. The van der Waals surface area contributed by atoms with Crippen molar-refractivity contribution >= 4 is 5.78 Å². The smallest absolute Gasteiger partial charge is 0.135 e. The van der Waals surface area contributed by atoms with E-state index in [0.717, 1.165) is 12.8 Å². The quantitative estimate of drug-likeness (QED) is 0.655. The maximum atomic E-state index is 11.5. The van der Waals surface area contributed by atoms with Crippen molar-refractivity contribution in [2.24, 2.45) is 11.8 Å². The first kappa shape index (κ1) is 13.6. The van der Waals surface area contributed by atoms with Crippen LogP contribution >= 0.6 is 0 Å². The summed E-state index contributed by atoms with van der Waals surface area (Å²) in [6.07, 6.45) is 1.71. The molecule has 0 N–H and O–H groups in total. The zero-order valence-corrected chi connectivity index (χ0v) is 10.5. The fraction of sp³-hybridized carbons (Fsp3) is 0.917. The van der Waals surface area contributed by atoms with Gasteiger partial charge in [0.2, 0.25) is 0 Å². The van der Waals surface area contributed by atoms with Crippen molar-refractivity contribution in [1.82, 2.24) is 4.90 Å². The molecule has 0 radical (unpaired) electrons. The highest BCUT2D eigenvalue weighted by molar-refractivity contribution is 5.80. The molecule has 0 amide bonds. The lowest BCUT2D eigenvalue weighted by Crippen LogP contribution is -2.33. The molecule has 0 heterocycles. The van der Waals surface area contributed by atoms with Crippen LogP contribution in [0, 0.1) is 11.8 Å². The second-order valence-electron chi connectivity index (χ2n) is 4.93.